The van der Waals surface area contributed by atoms with Gasteiger partial charge in [-0.2, -0.15) is 0 Å². The maximum absolute atomic E-state index is 2.58. The molecule has 2 nitrogen and oxygen atoms in total. The fourth-order valence-corrected chi connectivity index (χ4v) is 6.20. The molecule has 0 amide bonds. The maximum atomic E-state index is 2.58. The van der Waals surface area contributed by atoms with Gasteiger partial charge in [0.25, 0.3) is 5.82 Å². The number of imidazole rings is 1. The van der Waals surface area contributed by atoms with Crippen LogP contribution in [-0.4, -0.2) is 4.57 Å². The molecule has 0 spiro atoms. The lowest BCUT2D eigenvalue weighted by Crippen LogP contribution is -2.39. The van der Waals surface area contributed by atoms with E-state index in [0.717, 1.165) is 0 Å². The summed E-state index contributed by atoms with van der Waals surface area (Å²) in [6.07, 6.45) is 44.7. The molecule has 0 radical (unpaired) electrons. The third-order valence-corrected chi connectivity index (χ3v) is 8.85. The van der Waals surface area contributed by atoms with E-state index in [2.05, 4.69) is 49.2 Å². The van der Waals surface area contributed by atoms with Gasteiger partial charge in [0.2, 0.25) is 0 Å². The molecule has 39 heavy (non-hydrogen) atoms. The average molecular weight is 546 g/mol. The topological polar surface area (TPSA) is 8.81 Å². The quantitative estimate of drug-likeness (QED) is 0.0671. The van der Waals surface area contributed by atoms with Gasteiger partial charge in [-0.05, 0) is 33.1 Å². The Labute approximate surface area is 247 Å². The van der Waals surface area contributed by atoms with Crippen molar-refractivity contribution in [1.29, 1.82) is 0 Å². The fourth-order valence-electron chi connectivity index (χ4n) is 6.20. The van der Waals surface area contributed by atoms with E-state index >= 15 is 0 Å². The van der Waals surface area contributed by atoms with Crippen LogP contribution in [0, 0.1) is 0 Å². The first kappa shape index (κ1) is 36.2. The average Bonchev–Trinajstić information content (AvgIpc) is 3.34. The van der Waals surface area contributed by atoms with Crippen molar-refractivity contribution in [3.05, 3.63) is 18.2 Å². The Kier molecular flexibility index (Phi) is 25.4. The van der Waals surface area contributed by atoms with Crippen molar-refractivity contribution < 1.29 is 4.57 Å². The first-order valence-electron chi connectivity index (χ1n) is 18.3. The van der Waals surface area contributed by atoms with Crippen molar-refractivity contribution in [1.82, 2.24) is 4.57 Å². The fraction of sp³-hybridized carbons (Fsp3) is 0.919. The Balaban J connectivity index is 2.06. The van der Waals surface area contributed by atoms with Crippen LogP contribution in [0.25, 0.3) is 0 Å². The monoisotopic (exact) mass is 546 g/mol. The van der Waals surface area contributed by atoms with Gasteiger partial charge in [0, 0.05) is 6.42 Å². The number of aryl methyl sites for hydroxylation is 1. The van der Waals surface area contributed by atoms with Gasteiger partial charge in [0.05, 0.1) is 12.6 Å². The molecule has 0 aliphatic carbocycles. The van der Waals surface area contributed by atoms with Crippen molar-refractivity contribution in [2.45, 2.75) is 220 Å². The first-order valence-corrected chi connectivity index (χ1v) is 18.3. The minimum absolute atomic E-state index is 0.569. The van der Waals surface area contributed by atoms with Crippen LogP contribution in [0.1, 0.15) is 213 Å². The van der Waals surface area contributed by atoms with Crippen LogP contribution >= 0.6 is 0 Å². The maximum Gasteiger partial charge on any atom is 0.256 e. The number of hydrogen-bond acceptors (Lipinski definition) is 0. The van der Waals surface area contributed by atoms with E-state index in [9.17, 15) is 0 Å². The van der Waals surface area contributed by atoms with E-state index in [-0.39, 0.29) is 0 Å². The second-order valence-corrected chi connectivity index (χ2v) is 13.0. The van der Waals surface area contributed by atoms with Gasteiger partial charge in [-0.15, -0.1) is 0 Å². The highest BCUT2D eigenvalue weighted by Crippen LogP contribution is 2.16. The third kappa shape index (κ3) is 20.7. The lowest BCUT2D eigenvalue weighted by atomic mass is 10.0. The lowest BCUT2D eigenvalue weighted by molar-refractivity contribution is -0.722. The predicted molar refractivity (Wildman–Crippen MR) is 175 cm³/mol. The summed E-state index contributed by atoms with van der Waals surface area (Å²) in [6.45, 7) is 10.5. The molecule has 0 N–H and O–H groups in total. The van der Waals surface area contributed by atoms with E-state index in [1.165, 1.54) is 186 Å². The molecule has 0 aliphatic heterocycles. The van der Waals surface area contributed by atoms with Crippen LogP contribution in [0.5, 0.6) is 0 Å². The molecule has 0 fully saturated rings. The molecule has 0 saturated heterocycles. The molecule has 0 aromatic carbocycles. The Morgan fingerprint density at radius 1 is 0.487 bits per heavy atom. The minimum atomic E-state index is 0.569. The molecular weight excluding hydrogens is 472 g/mol. The van der Waals surface area contributed by atoms with E-state index in [0.29, 0.717) is 6.04 Å². The van der Waals surface area contributed by atoms with Crippen molar-refractivity contribution in [2.24, 2.45) is 0 Å². The van der Waals surface area contributed by atoms with Crippen molar-refractivity contribution in [3.63, 3.8) is 0 Å². The van der Waals surface area contributed by atoms with Crippen molar-refractivity contribution >= 4 is 0 Å². The normalized spacial score (nSPS) is 11.7. The second-order valence-electron chi connectivity index (χ2n) is 13.0. The summed E-state index contributed by atoms with van der Waals surface area (Å²) in [5, 5.41) is 0. The molecule has 0 bridgehead atoms. The zero-order valence-corrected chi connectivity index (χ0v) is 27.6. The van der Waals surface area contributed by atoms with Gasteiger partial charge in [0.15, 0.2) is 0 Å². The molecule has 230 valence electrons. The molecule has 0 unspecified atom stereocenters. The third-order valence-electron chi connectivity index (χ3n) is 8.85. The highest BCUT2D eigenvalue weighted by Gasteiger charge is 2.18. The number of aromatic nitrogens is 2. The number of unbranched alkanes of at least 4 members (excludes halogenated alkanes) is 25. The molecule has 0 saturated carbocycles. The molecule has 1 aromatic heterocycles. The van der Waals surface area contributed by atoms with E-state index in [1.807, 2.05) is 0 Å². The summed E-state index contributed by atoms with van der Waals surface area (Å²) >= 11 is 0. The van der Waals surface area contributed by atoms with Crippen LogP contribution in [0.3, 0.4) is 0 Å². The number of rotatable bonds is 30. The van der Waals surface area contributed by atoms with Gasteiger partial charge in [-0.25, -0.2) is 9.13 Å². The first-order chi connectivity index (χ1) is 19.2. The highest BCUT2D eigenvalue weighted by atomic mass is 15.2. The summed E-state index contributed by atoms with van der Waals surface area (Å²) in [7, 11) is 0. The molecule has 1 aromatic rings. The summed E-state index contributed by atoms with van der Waals surface area (Å²) < 4.78 is 5.12. The second kappa shape index (κ2) is 27.4. The standard InChI is InChI=1S/C37H73N2/c1-5-7-9-11-13-15-17-19-20-22-24-26-28-30-32-37-38(34-35-39(37)36(3)4)33-31-29-27-25-23-21-18-16-14-12-10-8-6-2/h34-36H,5-33H2,1-4H3/q+1. The largest absolute Gasteiger partial charge is 0.256 e. The molecule has 0 atom stereocenters. The van der Waals surface area contributed by atoms with Gasteiger partial charge in [-0.3, -0.25) is 0 Å². The molecular formula is C37H73N2+. The van der Waals surface area contributed by atoms with Crippen LogP contribution in [0.4, 0.5) is 0 Å². The van der Waals surface area contributed by atoms with E-state index < -0.39 is 0 Å². The highest BCUT2D eigenvalue weighted by molar-refractivity contribution is 4.85. The Hall–Kier alpha value is -0.790. The van der Waals surface area contributed by atoms with Gasteiger partial charge >= 0.3 is 0 Å². The molecule has 1 rings (SSSR count). The van der Waals surface area contributed by atoms with E-state index in [4.69, 9.17) is 0 Å². The van der Waals surface area contributed by atoms with Crippen LogP contribution in [-0.2, 0) is 13.0 Å². The minimum Gasteiger partial charge on any atom is -0.234 e. The summed E-state index contributed by atoms with van der Waals surface area (Å²) in [6, 6.07) is 0.569. The summed E-state index contributed by atoms with van der Waals surface area (Å²) in [5.74, 6) is 1.57. The summed E-state index contributed by atoms with van der Waals surface area (Å²) in [4.78, 5) is 0. The van der Waals surface area contributed by atoms with Gasteiger partial charge in [-0.1, -0.05) is 168 Å². The Morgan fingerprint density at radius 2 is 0.821 bits per heavy atom. The number of hydrogen-bond donors (Lipinski definition) is 0. The zero-order valence-electron chi connectivity index (χ0n) is 27.6. The Morgan fingerprint density at radius 3 is 1.18 bits per heavy atom. The van der Waals surface area contributed by atoms with Crippen molar-refractivity contribution in [2.75, 3.05) is 0 Å². The predicted octanol–water partition coefficient (Wildman–Crippen LogP) is 12.5. The lowest BCUT2D eigenvalue weighted by Gasteiger charge is -2.08. The van der Waals surface area contributed by atoms with Crippen LogP contribution < -0.4 is 4.57 Å². The Bertz CT molecular complexity index is 617. The molecule has 2 heteroatoms. The number of nitrogens with zero attached hydrogens (tertiary/aromatic N) is 2. The van der Waals surface area contributed by atoms with Crippen molar-refractivity contribution in [3.8, 4) is 0 Å². The summed E-state index contributed by atoms with van der Waals surface area (Å²) in [5.41, 5.74) is 0. The van der Waals surface area contributed by atoms with Crippen LogP contribution in [0.2, 0.25) is 0 Å². The van der Waals surface area contributed by atoms with Crippen LogP contribution in [0.15, 0.2) is 12.4 Å². The molecule has 1 heterocycles. The van der Waals surface area contributed by atoms with Gasteiger partial charge < -0.3 is 0 Å². The van der Waals surface area contributed by atoms with E-state index in [1.54, 1.807) is 5.82 Å². The molecule has 0 aliphatic rings. The SMILES string of the molecule is CCCCCCCCCCCCCCCCc1n(CCCCCCCCCCCCCCC)cc[n+]1C(C)C. The van der Waals surface area contributed by atoms with Gasteiger partial charge in [0.1, 0.15) is 12.4 Å². The zero-order chi connectivity index (χ0) is 28.2. The smallest absolute Gasteiger partial charge is 0.234 e.